The summed E-state index contributed by atoms with van der Waals surface area (Å²) >= 11 is 3.43. The van der Waals surface area contributed by atoms with Gasteiger partial charge in [0.2, 0.25) is 0 Å². The molecular formula is C12H10BrN3. The van der Waals surface area contributed by atoms with Crippen molar-refractivity contribution in [3.05, 3.63) is 40.0 Å². The highest BCUT2D eigenvalue weighted by molar-refractivity contribution is 9.10. The Kier molecular flexibility index (Phi) is 2.80. The van der Waals surface area contributed by atoms with Gasteiger partial charge in [0.1, 0.15) is 6.07 Å². The molecule has 1 aromatic heterocycles. The van der Waals surface area contributed by atoms with Gasteiger partial charge in [-0.15, -0.1) is 0 Å². The van der Waals surface area contributed by atoms with Crippen molar-refractivity contribution >= 4 is 15.9 Å². The fourth-order valence-corrected chi connectivity index (χ4v) is 2.34. The molecule has 0 fully saturated rings. The molecule has 0 spiro atoms. The van der Waals surface area contributed by atoms with E-state index in [0.717, 1.165) is 21.3 Å². The second-order valence-electron chi connectivity index (χ2n) is 3.56. The third-order valence-electron chi connectivity index (χ3n) is 2.50. The Labute approximate surface area is 102 Å². The van der Waals surface area contributed by atoms with E-state index >= 15 is 0 Å². The van der Waals surface area contributed by atoms with Crippen molar-refractivity contribution < 1.29 is 0 Å². The number of nitriles is 1. The Morgan fingerprint density at radius 2 is 2.06 bits per heavy atom. The van der Waals surface area contributed by atoms with Crippen LogP contribution in [0.3, 0.4) is 0 Å². The summed E-state index contributed by atoms with van der Waals surface area (Å²) in [5, 5.41) is 13.1. The number of aromatic nitrogens is 2. The quantitative estimate of drug-likeness (QED) is 0.803. The summed E-state index contributed by atoms with van der Waals surface area (Å²) in [6, 6.07) is 10.1. The number of aryl methyl sites for hydroxylation is 2. The topological polar surface area (TPSA) is 41.6 Å². The molecule has 0 unspecified atom stereocenters. The maximum atomic E-state index is 8.92. The van der Waals surface area contributed by atoms with Gasteiger partial charge >= 0.3 is 0 Å². The second kappa shape index (κ2) is 4.11. The van der Waals surface area contributed by atoms with E-state index in [1.54, 1.807) is 4.68 Å². The minimum Gasteiger partial charge on any atom is -0.265 e. The van der Waals surface area contributed by atoms with Crippen molar-refractivity contribution in [2.75, 3.05) is 0 Å². The lowest BCUT2D eigenvalue weighted by Gasteiger charge is -2.06. The lowest BCUT2D eigenvalue weighted by Crippen LogP contribution is -1.95. The zero-order chi connectivity index (χ0) is 11.7. The summed E-state index contributed by atoms with van der Waals surface area (Å²) in [6.45, 7) is 2.04. The Bertz CT molecular complexity index is 578. The molecule has 2 aromatic rings. The molecule has 0 atom stereocenters. The summed E-state index contributed by atoms with van der Waals surface area (Å²) in [7, 11) is 1.84. The number of rotatable bonds is 1. The number of hydrogen-bond acceptors (Lipinski definition) is 2. The van der Waals surface area contributed by atoms with Gasteiger partial charge in [-0.3, -0.25) is 4.68 Å². The van der Waals surface area contributed by atoms with Gasteiger partial charge in [0.05, 0.1) is 10.2 Å². The van der Waals surface area contributed by atoms with Crippen molar-refractivity contribution in [3.8, 4) is 17.3 Å². The van der Waals surface area contributed by atoms with Gasteiger partial charge in [-0.05, 0) is 28.4 Å². The van der Waals surface area contributed by atoms with Crippen molar-refractivity contribution in [3.63, 3.8) is 0 Å². The van der Waals surface area contributed by atoms with Crippen LogP contribution in [-0.4, -0.2) is 9.78 Å². The average molecular weight is 276 g/mol. The molecule has 0 aliphatic carbocycles. The van der Waals surface area contributed by atoms with E-state index in [1.165, 1.54) is 0 Å². The molecule has 0 aliphatic rings. The van der Waals surface area contributed by atoms with Gasteiger partial charge in [-0.1, -0.05) is 24.3 Å². The molecule has 0 N–H and O–H groups in total. The first-order valence-electron chi connectivity index (χ1n) is 4.83. The Hall–Kier alpha value is -1.60. The third kappa shape index (κ3) is 1.63. The summed E-state index contributed by atoms with van der Waals surface area (Å²) in [5.74, 6) is 0. The van der Waals surface area contributed by atoms with E-state index in [2.05, 4.69) is 27.1 Å². The summed E-state index contributed by atoms with van der Waals surface area (Å²) < 4.78 is 2.48. The fraction of sp³-hybridized carbons (Fsp3) is 0.167. The third-order valence-corrected chi connectivity index (χ3v) is 3.25. The van der Waals surface area contributed by atoms with Crippen molar-refractivity contribution in [1.82, 2.24) is 9.78 Å². The largest absolute Gasteiger partial charge is 0.265 e. The molecule has 1 aromatic carbocycles. The highest BCUT2D eigenvalue weighted by Gasteiger charge is 2.16. The minimum atomic E-state index is 0.417. The molecule has 0 aliphatic heterocycles. The average Bonchev–Trinajstić information content (AvgIpc) is 2.55. The molecule has 0 saturated carbocycles. The molecule has 1 heterocycles. The fourth-order valence-electron chi connectivity index (χ4n) is 1.70. The van der Waals surface area contributed by atoms with E-state index in [9.17, 15) is 0 Å². The van der Waals surface area contributed by atoms with Crippen molar-refractivity contribution in [1.29, 1.82) is 5.26 Å². The molecular weight excluding hydrogens is 266 g/mol. The van der Waals surface area contributed by atoms with E-state index in [-0.39, 0.29) is 0 Å². The lowest BCUT2D eigenvalue weighted by molar-refractivity contribution is 0.770. The van der Waals surface area contributed by atoms with Gasteiger partial charge < -0.3 is 0 Å². The van der Waals surface area contributed by atoms with E-state index in [4.69, 9.17) is 5.26 Å². The van der Waals surface area contributed by atoms with Gasteiger partial charge in [-0.2, -0.15) is 10.4 Å². The Morgan fingerprint density at radius 1 is 1.38 bits per heavy atom. The Balaban J connectivity index is 2.71. The molecule has 80 valence electrons. The van der Waals surface area contributed by atoms with Crippen LogP contribution in [0.5, 0.6) is 0 Å². The van der Waals surface area contributed by atoms with Crippen molar-refractivity contribution in [2.45, 2.75) is 6.92 Å². The molecule has 0 amide bonds. The van der Waals surface area contributed by atoms with Gasteiger partial charge in [-0.25, -0.2) is 0 Å². The Morgan fingerprint density at radius 3 is 2.62 bits per heavy atom. The van der Waals surface area contributed by atoms with Crippen LogP contribution in [-0.2, 0) is 7.05 Å². The van der Waals surface area contributed by atoms with E-state index < -0.39 is 0 Å². The van der Waals surface area contributed by atoms with Crippen LogP contribution in [0.1, 0.15) is 11.3 Å². The zero-order valence-corrected chi connectivity index (χ0v) is 10.6. The van der Waals surface area contributed by atoms with Gasteiger partial charge in [0.25, 0.3) is 0 Å². The maximum absolute atomic E-state index is 8.92. The van der Waals surface area contributed by atoms with Crippen LogP contribution in [0, 0.1) is 18.3 Å². The van der Waals surface area contributed by atoms with Crippen molar-refractivity contribution in [2.24, 2.45) is 7.05 Å². The SMILES string of the molecule is Cc1ccccc1-c1c(Br)c(C#N)nn1C. The monoisotopic (exact) mass is 275 g/mol. The summed E-state index contributed by atoms with van der Waals surface area (Å²) in [5.41, 5.74) is 3.61. The van der Waals surface area contributed by atoms with Crippen LogP contribution >= 0.6 is 15.9 Å². The minimum absolute atomic E-state index is 0.417. The van der Waals surface area contributed by atoms with E-state index in [0.29, 0.717) is 5.69 Å². The number of halogens is 1. The standard InChI is InChI=1S/C12H10BrN3/c1-8-5-3-4-6-9(8)12-11(13)10(7-14)15-16(12)2/h3-6H,1-2H3. The smallest absolute Gasteiger partial charge is 0.177 e. The molecule has 0 radical (unpaired) electrons. The summed E-state index contributed by atoms with van der Waals surface area (Å²) in [6.07, 6.45) is 0. The van der Waals surface area contributed by atoms with E-state index in [1.807, 2.05) is 38.2 Å². The molecule has 16 heavy (non-hydrogen) atoms. The molecule has 4 heteroatoms. The lowest BCUT2D eigenvalue weighted by atomic mass is 10.1. The molecule has 0 saturated heterocycles. The number of nitrogens with zero attached hydrogens (tertiary/aromatic N) is 3. The molecule has 3 nitrogen and oxygen atoms in total. The van der Waals surface area contributed by atoms with Crippen LogP contribution in [0.4, 0.5) is 0 Å². The first-order valence-corrected chi connectivity index (χ1v) is 5.63. The number of hydrogen-bond donors (Lipinski definition) is 0. The van der Waals surface area contributed by atoms with Gasteiger partial charge in [0.15, 0.2) is 5.69 Å². The van der Waals surface area contributed by atoms with Gasteiger partial charge in [0, 0.05) is 12.6 Å². The normalized spacial score (nSPS) is 10.1. The summed E-state index contributed by atoms with van der Waals surface area (Å²) in [4.78, 5) is 0. The number of benzene rings is 1. The maximum Gasteiger partial charge on any atom is 0.177 e. The van der Waals surface area contributed by atoms with Crippen LogP contribution in [0.25, 0.3) is 11.3 Å². The first-order chi connectivity index (χ1) is 7.65. The van der Waals surface area contributed by atoms with Crippen LogP contribution in [0.15, 0.2) is 28.7 Å². The molecule has 0 bridgehead atoms. The first kappa shape index (κ1) is 10.9. The predicted molar refractivity (Wildman–Crippen MR) is 65.8 cm³/mol. The highest BCUT2D eigenvalue weighted by Crippen LogP contribution is 2.32. The van der Waals surface area contributed by atoms with Crippen LogP contribution < -0.4 is 0 Å². The molecule has 2 rings (SSSR count). The highest BCUT2D eigenvalue weighted by atomic mass is 79.9. The second-order valence-corrected chi connectivity index (χ2v) is 4.35. The predicted octanol–water partition coefficient (Wildman–Crippen LogP) is 3.03. The van der Waals surface area contributed by atoms with Crippen LogP contribution in [0.2, 0.25) is 0 Å². The zero-order valence-electron chi connectivity index (χ0n) is 9.03.